The first-order valence-electron chi connectivity index (χ1n) is 8.34. The van der Waals surface area contributed by atoms with Crippen LogP contribution < -0.4 is 0 Å². The average molecular weight is 321 g/mol. The van der Waals surface area contributed by atoms with Crippen LogP contribution in [0.1, 0.15) is 52.9 Å². The minimum atomic E-state index is -1.96. The van der Waals surface area contributed by atoms with Gasteiger partial charge in [-0.15, -0.1) is 0 Å². The molecule has 1 aliphatic rings. The van der Waals surface area contributed by atoms with Crippen LogP contribution in [0.15, 0.2) is 0 Å². The average Bonchev–Trinajstić information content (AvgIpc) is 3.29. The van der Waals surface area contributed by atoms with Crippen LogP contribution in [0.2, 0.25) is 0 Å². The van der Waals surface area contributed by atoms with Crippen molar-refractivity contribution in [3.63, 3.8) is 0 Å². The minimum Gasteiger partial charge on any atom is -0.376 e. The van der Waals surface area contributed by atoms with Gasteiger partial charge in [-0.1, -0.05) is 26.7 Å². The lowest BCUT2D eigenvalue weighted by Crippen LogP contribution is -2.29. The molecule has 6 heteroatoms. The molecule has 5 nitrogen and oxygen atoms in total. The SMILES string of the molecule is CCCCO[SiH](OCCCC)OCCC(C)OCC1CO1. The Bertz CT molecular complexity index is 228. The molecule has 126 valence electrons. The molecule has 2 unspecified atom stereocenters. The molecular weight excluding hydrogens is 288 g/mol. The molecule has 1 rings (SSSR count). The number of hydrogen-bond donors (Lipinski definition) is 0. The van der Waals surface area contributed by atoms with Gasteiger partial charge in [-0.2, -0.15) is 0 Å². The summed E-state index contributed by atoms with van der Waals surface area (Å²) in [4.78, 5) is 0. The van der Waals surface area contributed by atoms with Crippen molar-refractivity contribution < 1.29 is 22.8 Å². The molecule has 1 fully saturated rings. The quantitative estimate of drug-likeness (QED) is 0.264. The molecule has 2 atom stereocenters. The highest BCUT2D eigenvalue weighted by molar-refractivity contribution is 6.36. The molecule has 21 heavy (non-hydrogen) atoms. The molecule has 0 spiro atoms. The van der Waals surface area contributed by atoms with E-state index in [0.717, 1.165) is 51.9 Å². The first-order chi connectivity index (χ1) is 10.3. The van der Waals surface area contributed by atoms with Gasteiger partial charge in [0.25, 0.3) is 0 Å². The maximum Gasteiger partial charge on any atom is 0.484 e. The van der Waals surface area contributed by atoms with Crippen molar-refractivity contribution in [1.82, 2.24) is 0 Å². The molecule has 1 saturated heterocycles. The van der Waals surface area contributed by atoms with Gasteiger partial charge in [0.15, 0.2) is 0 Å². The molecule has 0 aromatic rings. The number of unbranched alkanes of at least 4 members (excludes halogenated alkanes) is 2. The molecule has 0 aromatic heterocycles. The van der Waals surface area contributed by atoms with Crippen molar-refractivity contribution in [3.05, 3.63) is 0 Å². The summed E-state index contributed by atoms with van der Waals surface area (Å²) in [7, 11) is -1.96. The fourth-order valence-electron chi connectivity index (χ4n) is 1.64. The Kier molecular flexibility index (Phi) is 11.4. The normalized spacial score (nSPS) is 19.1. The van der Waals surface area contributed by atoms with Crippen LogP contribution in [0.5, 0.6) is 0 Å². The van der Waals surface area contributed by atoms with Crippen LogP contribution in [-0.2, 0) is 22.8 Å². The van der Waals surface area contributed by atoms with Gasteiger partial charge < -0.3 is 22.8 Å². The molecule has 1 heterocycles. The van der Waals surface area contributed by atoms with E-state index < -0.39 is 9.53 Å². The second kappa shape index (κ2) is 12.5. The summed E-state index contributed by atoms with van der Waals surface area (Å²) >= 11 is 0. The fraction of sp³-hybridized carbons (Fsp3) is 1.00. The van der Waals surface area contributed by atoms with Crippen molar-refractivity contribution in [2.45, 2.75) is 65.1 Å². The van der Waals surface area contributed by atoms with Gasteiger partial charge in [0.1, 0.15) is 6.10 Å². The van der Waals surface area contributed by atoms with Crippen LogP contribution >= 0.6 is 0 Å². The zero-order valence-electron chi connectivity index (χ0n) is 13.8. The van der Waals surface area contributed by atoms with Crippen molar-refractivity contribution in [2.24, 2.45) is 0 Å². The maximum absolute atomic E-state index is 5.81. The standard InChI is InChI=1S/C15H32O5Si/c1-4-6-9-18-21(19-10-7-5-2)20-11-8-14(3)16-12-15-13-17-15/h14-15,21H,4-13H2,1-3H3. The molecule has 0 aliphatic carbocycles. The van der Waals surface area contributed by atoms with Crippen LogP contribution in [-0.4, -0.2) is 54.8 Å². The van der Waals surface area contributed by atoms with Gasteiger partial charge in [-0.25, -0.2) is 0 Å². The van der Waals surface area contributed by atoms with Gasteiger partial charge in [0, 0.05) is 19.8 Å². The Morgan fingerprint density at radius 1 is 1.05 bits per heavy atom. The first kappa shape index (κ1) is 19.1. The Morgan fingerprint density at radius 3 is 2.14 bits per heavy atom. The van der Waals surface area contributed by atoms with Gasteiger partial charge in [0.05, 0.1) is 19.3 Å². The van der Waals surface area contributed by atoms with Gasteiger partial charge >= 0.3 is 9.53 Å². The summed E-state index contributed by atoms with van der Waals surface area (Å²) in [5.74, 6) is 0. The molecule has 0 radical (unpaired) electrons. The third kappa shape index (κ3) is 11.3. The highest BCUT2D eigenvalue weighted by Gasteiger charge is 2.23. The summed E-state index contributed by atoms with van der Waals surface area (Å²) in [6, 6.07) is 0. The van der Waals surface area contributed by atoms with Crippen LogP contribution in [0.25, 0.3) is 0 Å². The van der Waals surface area contributed by atoms with Gasteiger partial charge in [-0.05, 0) is 26.2 Å². The van der Waals surface area contributed by atoms with Crippen molar-refractivity contribution in [2.75, 3.05) is 33.0 Å². The molecule has 0 N–H and O–H groups in total. The highest BCUT2D eigenvalue weighted by atomic mass is 28.3. The summed E-state index contributed by atoms with van der Waals surface area (Å²) in [6.45, 7) is 10.0. The maximum atomic E-state index is 5.81. The van der Waals surface area contributed by atoms with E-state index in [1.165, 1.54) is 0 Å². The van der Waals surface area contributed by atoms with Crippen molar-refractivity contribution in [3.8, 4) is 0 Å². The summed E-state index contributed by atoms with van der Waals surface area (Å²) in [5.41, 5.74) is 0. The van der Waals surface area contributed by atoms with E-state index in [1.54, 1.807) is 0 Å². The van der Waals surface area contributed by atoms with Crippen LogP contribution in [0, 0.1) is 0 Å². The van der Waals surface area contributed by atoms with Crippen LogP contribution in [0.4, 0.5) is 0 Å². The second-order valence-corrected chi connectivity index (χ2v) is 7.07. The van der Waals surface area contributed by atoms with E-state index >= 15 is 0 Å². The van der Waals surface area contributed by atoms with Crippen molar-refractivity contribution >= 4 is 9.53 Å². The zero-order chi connectivity index (χ0) is 15.3. The largest absolute Gasteiger partial charge is 0.484 e. The van der Waals surface area contributed by atoms with Gasteiger partial charge in [-0.3, -0.25) is 0 Å². The zero-order valence-corrected chi connectivity index (χ0v) is 15.0. The predicted octanol–water partition coefficient (Wildman–Crippen LogP) is 2.55. The minimum absolute atomic E-state index is 0.190. The van der Waals surface area contributed by atoms with Crippen LogP contribution in [0.3, 0.4) is 0 Å². The monoisotopic (exact) mass is 320 g/mol. The van der Waals surface area contributed by atoms with E-state index in [4.69, 9.17) is 22.8 Å². The molecule has 0 bridgehead atoms. The Hall–Kier alpha value is 0.0169. The molecule has 0 aromatic carbocycles. The number of rotatable bonds is 15. The topological polar surface area (TPSA) is 49.5 Å². The Labute approximate surface area is 131 Å². The smallest absolute Gasteiger partial charge is 0.376 e. The summed E-state index contributed by atoms with van der Waals surface area (Å²) in [6.07, 6.45) is 5.76. The second-order valence-electron chi connectivity index (χ2n) is 5.50. The third-order valence-electron chi connectivity index (χ3n) is 3.25. The van der Waals surface area contributed by atoms with Gasteiger partial charge in [0.2, 0.25) is 0 Å². The molecular formula is C15H32O5Si. The van der Waals surface area contributed by atoms with E-state index in [0.29, 0.717) is 19.3 Å². The number of epoxide rings is 1. The number of hydrogen-bond acceptors (Lipinski definition) is 5. The van der Waals surface area contributed by atoms with E-state index in [9.17, 15) is 0 Å². The third-order valence-corrected chi connectivity index (χ3v) is 4.77. The van der Waals surface area contributed by atoms with E-state index in [2.05, 4.69) is 20.8 Å². The summed E-state index contributed by atoms with van der Waals surface area (Å²) < 4.78 is 28.1. The highest BCUT2D eigenvalue weighted by Crippen LogP contribution is 2.11. The number of ether oxygens (including phenoxy) is 2. The Morgan fingerprint density at radius 2 is 1.62 bits per heavy atom. The molecule has 0 saturated carbocycles. The summed E-state index contributed by atoms with van der Waals surface area (Å²) in [5, 5.41) is 0. The predicted molar refractivity (Wildman–Crippen MR) is 84.6 cm³/mol. The first-order valence-corrected chi connectivity index (χ1v) is 9.75. The Balaban J connectivity index is 2.07. The van der Waals surface area contributed by atoms with E-state index in [1.807, 2.05) is 0 Å². The lowest BCUT2D eigenvalue weighted by molar-refractivity contribution is 0.0288. The van der Waals surface area contributed by atoms with E-state index in [-0.39, 0.29) is 6.10 Å². The van der Waals surface area contributed by atoms with Crippen molar-refractivity contribution in [1.29, 1.82) is 0 Å². The molecule has 1 aliphatic heterocycles. The lowest BCUT2D eigenvalue weighted by Gasteiger charge is -2.18. The molecule has 0 amide bonds. The lowest BCUT2D eigenvalue weighted by atomic mass is 10.3. The fourth-order valence-corrected chi connectivity index (χ4v) is 2.98.